The highest BCUT2D eigenvalue weighted by atomic mass is 14.8. The van der Waals surface area contributed by atoms with Crippen LogP contribution in [0.1, 0.15) is 26.7 Å². The first-order chi connectivity index (χ1) is 3.31. The highest BCUT2D eigenvalue weighted by Gasteiger charge is 1.91. The standard InChI is InChI=1S/C6H15N/c1-4-5-6(2)7-3/h6-7H,4-5H2,1-3H3/t6-/m0/s1. The summed E-state index contributed by atoms with van der Waals surface area (Å²) < 4.78 is 0. The van der Waals surface area contributed by atoms with Gasteiger partial charge in [0.2, 0.25) is 0 Å². The molecule has 0 fully saturated rings. The third-order valence-corrected chi connectivity index (χ3v) is 1.21. The zero-order chi connectivity index (χ0) is 5.70. The van der Waals surface area contributed by atoms with Gasteiger partial charge in [0.1, 0.15) is 0 Å². The lowest BCUT2D eigenvalue weighted by Gasteiger charge is -2.05. The summed E-state index contributed by atoms with van der Waals surface area (Å²) in [7, 11) is 2.00. The second-order valence-corrected chi connectivity index (χ2v) is 1.98. The molecule has 0 aromatic carbocycles. The molecular weight excluding hydrogens is 86.1 g/mol. The molecule has 1 nitrogen and oxygen atoms in total. The molecule has 0 aliphatic heterocycles. The lowest BCUT2D eigenvalue weighted by atomic mass is 10.2. The lowest BCUT2D eigenvalue weighted by molar-refractivity contribution is 0.557. The van der Waals surface area contributed by atoms with E-state index in [2.05, 4.69) is 19.2 Å². The van der Waals surface area contributed by atoms with Gasteiger partial charge in [0.05, 0.1) is 0 Å². The molecule has 1 atom stereocenters. The van der Waals surface area contributed by atoms with Gasteiger partial charge in [-0.05, 0) is 20.4 Å². The molecule has 0 aliphatic rings. The Bertz CT molecular complexity index is 35.2. The zero-order valence-electron chi connectivity index (χ0n) is 5.49. The van der Waals surface area contributed by atoms with Crippen LogP contribution in [0.4, 0.5) is 0 Å². The van der Waals surface area contributed by atoms with E-state index in [1.807, 2.05) is 7.05 Å². The van der Waals surface area contributed by atoms with Crippen molar-refractivity contribution in [2.24, 2.45) is 0 Å². The summed E-state index contributed by atoms with van der Waals surface area (Å²) in [6.07, 6.45) is 2.57. The van der Waals surface area contributed by atoms with Crippen molar-refractivity contribution in [1.29, 1.82) is 0 Å². The van der Waals surface area contributed by atoms with Crippen LogP contribution < -0.4 is 5.32 Å². The Morgan fingerprint density at radius 1 is 1.57 bits per heavy atom. The predicted octanol–water partition coefficient (Wildman–Crippen LogP) is 1.39. The van der Waals surface area contributed by atoms with Crippen LogP contribution in [0, 0.1) is 0 Å². The van der Waals surface area contributed by atoms with E-state index in [1.165, 1.54) is 12.8 Å². The maximum atomic E-state index is 3.17. The van der Waals surface area contributed by atoms with Crippen molar-refractivity contribution in [1.82, 2.24) is 5.32 Å². The monoisotopic (exact) mass is 101 g/mol. The van der Waals surface area contributed by atoms with Crippen LogP contribution in [-0.4, -0.2) is 13.1 Å². The van der Waals surface area contributed by atoms with E-state index in [0.717, 1.165) is 0 Å². The summed E-state index contributed by atoms with van der Waals surface area (Å²) in [4.78, 5) is 0. The first-order valence-electron chi connectivity index (χ1n) is 2.98. The minimum atomic E-state index is 0.699. The van der Waals surface area contributed by atoms with Crippen LogP contribution in [0.2, 0.25) is 0 Å². The molecule has 1 heteroatoms. The van der Waals surface area contributed by atoms with Gasteiger partial charge in [-0.25, -0.2) is 0 Å². The van der Waals surface area contributed by atoms with Crippen molar-refractivity contribution in [3.63, 3.8) is 0 Å². The molecule has 0 rings (SSSR count). The highest BCUT2D eigenvalue weighted by Crippen LogP contribution is 1.91. The zero-order valence-corrected chi connectivity index (χ0v) is 5.49. The molecule has 0 heterocycles. The van der Waals surface area contributed by atoms with Gasteiger partial charge in [-0.1, -0.05) is 13.3 Å². The Balaban J connectivity index is 2.83. The molecule has 0 spiro atoms. The van der Waals surface area contributed by atoms with Gasteiger partial charge in [0.25, 0.3) is 0 Å². The maximum absolute atomic E-state index is 3.17. The van der Waals surface area contributed by atoms with E-state index in [4.69, 9.17) is 0 Å². The Hall–Kier alpha value is -0.0400. The van der Waals surface area contributed by atoms with Crippen LogP contribution in [-0.2, 0) is 0 Å². The predicted molar refractivity (Wildman–Crippen MR) is 33.4 cm³/mol. The molecule has 0 amide bonds. The molecule has 0 aromatic rings. The van der Waals surface area contributed by atoms with Gasteiger partial charge in [-0.15, -0.1) is 0 Å². The van der Waals surface area contributed by atoms with Gasteiger partial charge < -0.3 is 5.32 Å². The Morgan fingerprint density at radius 2 is 2.14 bits per heavy atom. The molecular formula is C6H15N. The summed E-state index contributed by atoms with van der Waals surface area (Å²) >= 11 is 0. The molecule has 0 aliphatic carbocycles. The summed E-state index contributed by atoms with van der Waals surface area (Å²) in [5.41, 5.74) is 0. The van der Waals surface area contributed by atoms with E-state index in [0.29, 0.717) is 6.04 Å². The van der Waals surface area contributed by atoms with Crippen molar-refractivity contribution in [2.75, 3.05) is 7.05 Å². The van der Waals surface area contributed by atoms with E-state index in [1.54, 1.807) is 0 Å². The number of hydrogen-bond acceptors (Lipinski definition) is 1. The molecule has 1 N–H and O–H groups in total. The van der Waals surface area contributed by atoms with Crippen molar-refractivity contribution in [2.45, 2.75) is 32.7 Å². The Kier molecular flexibility index (Phi) is 4.10. The smallest absolute Gasteiger partial charge is 0.00356 e. The molecule has 0 saturated heterocycles. The molecule has 0 bridgehead atoms. The highest BCUT2D eigenvalue weighted by molar-refractivity contribution is 4.52. The average molecular weight is 101 g/mol. The SMILES string of the molecule is CCC[C@H](C)NC. The maximum Gasteiger partial charge on any atom is 0.00356 e. The summed E-state index contributed by atoms with van der Waals surface area (Å²) in [6, 6.07) is 0.699. The number of rotatable bonds is 3. The van der Waals surface area contributed by atoms with Crippen molar-refractivity contribution >= 4 is 0 Å². The topological polar surface area (TPSA) is 12.0 Å². The van der Waals surface area contributed by atoms with E-state index >= 15 is 0 Å². The third-order valence-electron chi connectivity index (χ3n) is 1.21. The molecule has 0 saturated carbocycles. The number of nitrogens with one attached hydrogen (secondary N) is 1. The minimum absolute atomic E-state index is 0.699. The van der Waals surface area contributed by atoms with Crippen LogP contribution in [0.5, 0.6) is 0 Å². The van der Waals surface area contributed by atoms with Crippen LogP contribution in [0.15, 0.2) is 0 Å². The number of hydrogen-bond donors (Lipinski definition) is 1. The van der Waals surface area contributed by atoms with E-state index in [9.17, 15) is 0 Å². The van der Waals surface area contributed by atoms with Gasteiger partial charge in [0.15, 0.2) is 0 Å². The first kappa shape index (κ1) is 6.96. The fourth-order valence-corrected chi connectivity index (χ4v) is 0.577. The lowest BCUT2D eigenvalue weighted by Crippen LogP contribution is -2.20. The van der Waals surface area contributed by atoms with Crippen molar-refractivity contribution in [3.05, 3.63) is 0 Å². The fraction of sp³-hybridized carbons (Fsp3) is 1.00. The molecule has 0 unspecified atom stereocenters. The minimum Gasteiger partial charge on any atom is -0.317 e. The average Bonchev–Trinajstić information content (AvgIpc) is 1.68. The van der Waals surface area contributed by atoms with Gasteiger partial charge in [0, 0.05) is 6.04 Å². The third kappa shape index (κ3) is 3.80. The second kappa shape index (κ2) is 4.13. The van der Waals surface area contributed by atoms with Crippen LogP contribution in [0.25, 0.3) is 0 Å². The molecule has 0 radical (unpaired) electrons. The van der Waals surface area contributed by atoms with Crippen molar-refractivity contribution in [3.8, 4) is 0 Å². The van der Waals surface area contributed by atoms with E-state index < -0.39 is 0 Å². The summed E-state index contributed by atoms with van der Waals surface area (Å²) in [5.74, 6) is 0. The van der Waals surface area contributed by atoms with E-state index in [-0.39, 0.29) is 0 Å². The normalized spacial score (nSPS) is 14.1. The second-order valence-electron chi connectivity index (χ2n) is 1.98. The Labute approximate surface area is 46.1 Å². The largest absolute Gasteiger partial charge is 0.317 e. The Morgan fingerprint density at radius 3 is 2.29 bits per heavy atom. The molecule has 44 valence electrons. The van der Waals surface area contributed by atoms with Crippen LogP contribution >= 0.6 is 0 Å². The van der Waals surface area contributed by atoms with Crippen LogP contribution in [0.3, 0.4) is 0 Å². The fourth-order valence-electron chi connectivity index (χ4n) is 0.577. The van der Waals surface area contributed by atoms with Gasteiger partial charge in [-0.3, -0.25) is 0 Å². The molecule has 0 aromatic heterocycles. The summed E-state index contributed by atoms with van der Waals surface area (Å²) in [5, 5.41) is 3.17. The quantitative estimate of drug-likeness (QED) is 0.566. The van der Waals surface area contributed by atoms with Crippen molar-refractivity contribution < 1.29 is 0 Å². The first-order valence-corrected chi connectivity index (χ1v) is 2.98. The van der Waals surface area contributed by atoms with Gasteiger partial charge in [-0.2, -0.15) is 0 Å². The summed E-state index contributed by atoms with van der Waals surface area (Å²) in [6.45, 7) is 4.40. The molecule has 7 heavy (non-hydrogen) atoms. The van der Waals surface area contributed by atoms with Gasteiger partial charge >= 0.3 is 0 Å².